The monoisotopic (exact) mass is 484 g/mol. The Morgan fingerprint density at radius 1 is 1.06 bits per heavy atom. The average molecular weight is 485 g/mol. The number of carbonyl (C=O) groups excluding carboxylic acids is 1. The molecule has 9 heteroatoms. The van der Waals surface area contributed by atoms with Gasteiger partial charge in [0.25, 0.3) is 5.91 Å². The number of amides is 1. The highest BCUT2D eigenvalue weighted by Gasteiger charge is 2.24. The number of carbonyl (C=O) groups is 1. The van der Waals surface area contributed by atoms with Crippen molar-refractivity contribution < 1.29 is 13.2 Å². The van der Waals surface area contributed by atoms with Crippen LogP contribution in [0.25, 0.3) is 5.69 Å². The fourth-order valence-corrected chi connectivity index (χ4v) is 5.47. The third-order valence-electron chi connectivity index (χ3n) is 5.93. The van der Waals surface area contributed by atoms with Gasteiger partial charge in [-0.2, -0.15) is 0 Å². The molecule has 0 radical (unpaired) electrons. The lowest BCUT2D eigenvalue weighted by molar-refractivity contribution is 0.0923. The number of thioether (sulfide) groups is 1. The first-order chi connectivity index (χ1) is 15.9. The average Bonchev–Trinajstić information content (AvgIpc) is 3.29. The molecular formula is C24H28N4O3S2. The number of piperidine rings is 1. The van der Waals surface area contributed by atoms with Crippen molar-refractivity contribution in [2.45, 2.75) is 35.9 Å². The molecule has 1 saturated heterocycles. The fraction of sp³-hybridized carbons (Fsp3) is 0.333. The van der Waals surface area contributed by atoms with E-state index >= 15 is 0 Å². The molecule has 33 heavy (non-hydrogen) atoms. The van der Waals surface area contributed by atoms with E-state index < -0.39 is 9.84 Å². The minimum Gasteiger partial charge on any atom is -0.371 e. The van der Waals surface area contributed by atoms with Gasteiger partial charge in [-0.1, -0.05) is 36.9 Å². The van der Waals surface area contributed by atoms with Crippen LogP contribution in [0.3, 0.4) is 0 Å². The zero-order valence-electron chi connectivity index (χ0n) is 18.8. The molecule has 0 bridgehead atoms. The fourth-order valence-electron chi connectivity index (χ4n) is 4.04. The summed E-state index contributed by atoms with van der Waals surface area (Å²) in [6.07, 6.45) is 5.21. The van der Waals surface area contributed by atoms with Gasteiger partial charge in [-0.25, -0.2) is 13.4 Å². The third-order valence-corrected chi connectivity index (χ3v) is 8.33. The van der Waals surface area contributed by atoms with Gasteiger partial charge in [0, 0.05) is 30.5 Å². The highest BCUT2D eigenvalue weighted by atomic mass is 32.2. The molecule has 0 saturated carbocycles. The lowest BCUT2D eigenvalue weighted by Gasteiger charge is -2.34. The molecule has 4 rings (SSSR count). The highest BCUT2D eigenvalue weighted by molar-refractivity contribution is 7.98. The van der Waals surface area contributed by atoms with E-state index in [-0.39, 0.29) is 17.7 Å². The lowest BCUT2D eigenvalue weighted by atomic mass is 10.0. The van der Waals surface area contributed by atoms with Gasteiger partial charge in [-0.3, -0.25) is 9.36 Å². The lowest BCUT2D eigenvalue weighted by Crippen LogP contribution is -2.45. The number of nitrogens with zero attached hydrogens (tertiary/aromatic N) is 3. The summed E-state index contributed by atoms with van der Waals surface area (Å²) >= 11 is 1.50. The second-order valence-electron chi connectivity index (χ2n) is 7.93. The van der Waals surface area contributed by atoms with Crippen LogP contribution in [0.1, 0.15) is 30.3 Å². The Morgan fingerprint density at radius 2 is 1.73 bits per heavy atom. The Balaban J connectivity index is 1.40. The van der Waals surface area contributed by atoms with Gasteiger partial charge in [0.15, 0.2) is 15.0 Å². The molecular weight excluding hydrogens is 456 g/mol. The number of anilines is 1. The van der Waals surface area contributed by atoms with Crippen molar-refractivity contribution in [2.75, 3.05) is 30.0 Å². The van der Waals surface area contributed by atoms with Crippen LogP contribution < -0.4 is 10.2 Å². The van der Waals surface area contributed by atoms with Crippen LogP contribution in [-0.4, -0.2) is 55.0 Å². The van der Waals surface area contributed by atoms with Crippen LogP contribution in [-0.2, 0) is 9.84 Å². The highest BCUT2D eigenvalue weighted by Crippen LogP contribution is 2.24. The van der Waals surface area contributed by atoms with Gasteiger partial charge in [-0.05, 0) is 55.5 Å². The van der Waals surface area contributed by atoms with Gasteiger partial charge in [0.2, 0.25) is 0 Å². The van der Waals surface area contributed by atoms with Crippen molar-refractivity contribution >= 4 is 33.2 Å². The molecule has 2 aromatic carbocycles. The van der Waals surface area contributed by atoms with Crippen LogP contribution in [0.2, 0.25) is 0 Å². The zero-order valence-corrected chi connectivity index (χ0v) is 20.4. The molecule has 174 valence electrons. The predicted octanol–water partition coefficient (Wildman–Crippen LogP) is 3.79. The first-order valence-corrected chi connectivity index (χ1v) is 13.9. The summed E-state index contributed by atoms with van der Waals surface area (Å²) in [5, 5.41) is 3.95. The number of sulfone groups is 1. The zero-order chi connectivity index (χ0) is 23.4. The van der Waals surface area contributed by atoms with E-state index in [0.29, 0.717) is 10.6 Å². The van der Waals surface area contributed by atoms with Gasteiger partial charge < -0.3 is 10.2 Å². The van der Waals surface area contributed by atoms with Gasteiger partial charge in [0.05, 0.1) is 16.8 Å². The number of para-hydroxylation sites is 1. The van der Waals surface area contributed by atoms with Gasteiger partial charge in [-0.15, -0.1) is 0 Å². The Morgan fingerprint density at radius 3 is 2.33 bits per heavy atom. The molecule has 0 spiro atoms. The molecule has 1 fully saturated rings. The summed E-state index contributed by atoms with van der Waals surface area (Å²) in [7, 11) is -3.19. The maximum Gasteiger partial charge on any atom is 0.270 e. The van der Waals surface area contributed by atoms with Crippen LogP contribution in [0.15, 0.2) is 70.8 Å². The maximum atomic E-state index is 13.1. The van der Waals surface area contributed by atoms with E-state index in [9.17, 15) is 13.2 Å². The second kappa shape index (κ2) is 10.0. The number of imidazole rings is 1. The van der Waals surface area contributed by atoms with Crippen molar-refractivity contribution in [1.29, 1.82) is 0 Å². The van der Waals surface area contributed by atoms with E-state index in [1.54, 1.807) is 25.3 Å². The molecule has 1 aliphatic rings. The first-order valence-electron chi connectivity index (χ1n) is 11.0. The Hall–Kier alpha value is -2.78. The minimum atomic E-state index is -3.19. The van der Waals surface area contributed by atoms with Crippen LogP contribution >= 0.6 is 11.8 Å². The summed E-state index contributed by atoms with van der Waals surface area (Å²) in [5.41, 5.74) is 2.44. The summed E-state index contributed by atoms with van der Waals surface area (Å²) in [6, 6.07) is 16.9. The molecule has 0 unspecified atom stereocenters. The van der Waals surface area contributed by atoms with E-state index in [2.05, 4.69) is 15.2 Å². The maximum absolute atomic E-state index is 13.1. The standard InChI is InChI=1S/C24H28N4O3S2/c1-3-33(30,31)21-11-9-19(10-12-21)27-15-13-18(14-16-27)26-23(29)22-17-25-24(32-2)28(22)20-7-5-4-6-8-20/h4-12,17-18H,3,13-16H2,1-2H3,(H,26,29). The van der Waals surface area contributed by atoms with E-state index in [4.69, 9.17) is 0 Å². The number of hydrogen-bond acceptors (Lipinski definition) is 6. The molecule has 1 N–H and O–H groups in total. The largest absolute Gasteiger partial charge is 0.371 e. The summed E-state index contributed by atoms with van der Waals surface area (Å²) in [4.78, 5) is 20.1. The minimum absolute atomic E-state index is 0.0744. The topological polar surface area (TPSA) is 84.3 Å². The van der Waals surface area contributed by atoms with Crippen molar-refractivity contribution in [3.8, 4) is 5.69 Å². The molecule has 0 atom stereocenters. The Bertz CT molecular complexity index is 1200. The second-order valence-corrected chi connectivity index (χ2v) is 11.0. The number of rotatable bonds is 7. The number of nitrogens with one attached hydrogen (secondary N) is 1. The quantitative estimate of drug-likeness (QED) is 0.514. The molecule has 7 nitrogen and oxygen atoms in total. The van der Waals surface area contributed by atoms with Crippen LogP contribution in [0, 0.1) is 0 Å². The summed E-state index contributed by atoms with van der Waals surface area (Å²) in [5.74, 6) is -0.0294. The number of benzene rings is 2. The number of aromatic nitrogens is 2. The van der Waals surface area contributed by atoms with Crippen molar-refractivity contribution in [3.05, 3.63) is 66.5 Å². The summed E-state index contributed by atoms with van der Waals surface area (Å²) in [6.45, 7) is 3.23. The normalized spacial score (nSPS) is 14.9. The smallest absolute Gasteiger partial charge is 0.270 e. The first kappa shape index (κ1) is 23.4. The molecule has 3 aromatic rings. The van der Waals surface area contributed by atoms with Crippen LogP contribution in [0.4, 0.5) is 5.69 Å². The predicted molar refractivity (Wildman–Crippen MR) is 132 cm³/mol. The Kier molecular flexibility index (Phi) is 7.09. The molecule has 1 aliphatic heterocycles. The third kappa shape index (κ3) is 5.09. The van der Waals surface area contributed by atoms with Crippen molar-refractivity contribution in [2.24, 2.45) is 0 Å². The molecule has 1 aromatic heterocycles. The van der Waals surface area contributed by atoms with Gasteiger partial charge >= 0.3 is 0 Å². The summed E-state index contributed by atoms with van der Waals surface area (Å²) < 4.78 is 25.9. The number of hydrogen-bond donors (Lipinski definition) is 1. The van der Waals surface area contributed by atoms with E-state index in [1.807, 2.05) is 53.3 Å². The molecule has 1 amide bonds. The van der Waals surface area contributed by atoms with E-state index in [1.165, 1.54) is 11.8 Å². The molecule has 2 heterocycles. The van der Waals surface area contributed by atoms with Crippen molar-refractivity contribution in [1.82, 2.24) is 14.9 Å². The van der Waals surface area contributed by atoms with Gasteiger partial charge in [0.1, 0.15) is 5.69 Å². The van der Waals surface area contributed by atoms with Crippen LogP contribution in [0.5, 0.6) is 0 Å². The van der Waals surface area contributed by atoms with Crippen molar-refractivity contribution in [3.63, 3.8) is 0 Å². The SMILES string of the molecule is CCS(=O)(=O)c1ccc(N2CCC(NC(=O)c3cnc(SC)n3-c3ccccc3)CC2)cc1. The Labute approximate surface area is 199 Å². The van der Waals surface area contributed by atoms with E-state index in [0.717, 1.165) is 42.5 Å². The molecule has 0 aliphatic carbocycles.